The molecule has 0 bridgehead atoms. The first-order chi connectivity index (χ1) is 8.61. The Morgan fingerprint density at radius 1 is 1.33 bits per heavy atom. The molecule has 18 heavy (non-hydrogen) atoms. The molecule has 0 unspecified atom stereocenters. The van der Waals surface area contributed by atoms with Crippen LogP contribution in [-0.2, 0) is 9.53 Å². The Morgan fingerprint density at radius 2 is 2.00 bits per heavy atom. The van der Waals surface area contributed by atoms with Crippen LogP contribution in [0, 0.1) is 5.92 Å². The molecular weight excluding hydrogens is 230 g/mol. The zero-order valence-corrected chi connectivity index (χ0v) is 11.7. The third-order valence-corrected chi connectivity index (χ3v) is 3.33. The van der Waals surface area contributed by atoms with Crippen molar-refractivity contribution in [1.29, 1.82) is 0 Å². The maximum absolute atomic E-state index is 11.6. The average Bonchev–Trinajstić information content (AvgIpc) is 2.38. The van der Waals surface area contributed by atoms with E-state index in [1.54, 1.807) is 0 Å². The summed E-state index contributed by atoms with van der Waals surface area (Å²) in [5.41, 5.74) is 5.76. The number of morpholine rings is 1. The molecule has 0 aromatic heterocycles. The van der Waals surface area contributed by atoms with Gasteiger partial charge < -0.3 is 15.8 Å². The van der Waals surface area contributed by atoms with E-state index in [2.05, 4.69) is 10.2 Å². The molecule has 5 nitrogen and oxygen atoms in total. The first-order valence-corrected chi connectivity index (χ1v) is 6.94. The molecule has 5 heteroatoms. The smallest absolute Gasteiger partial charge is 0.237 e. The van der Waals surface area contributed by atoms with E-state index >= 15 is 0 Å². The summed E-state index contributed by atoms with van der Waals surface area (Å²) >= 11 is 0. The predicted octanol–water partition coefficient (Wildman–Crippen LogP) is 0.198. The minimum Gasteiger partial charge on any atom is -0.379 e. The number of hydrogen-bond acceptors (Lipinski definition) is 4. The van der Waals surface area contributed by atoms with E-state index in [0.29, 0.717) is 0 Å². The van der Waals surface area contributed by atoms with Crippen LogP contribution >= 0.6 is 0 Å². The molecule has 1 heterocycles. The molecular formula is C13H27N3O2. The molecule has 1 amide bonds. The number of nitrogens with two attached hydrogens (primary N) is 1. The van der Waals surface area contributed by atoms with Gasteiger partial charge in [-0.2, -0.15) is 0 Å². The maximum atomic E-state index is 11.6. The summed E-state index contributed by atoms with van der Waals surface area (Å²) in [4.78, 5) is 14.0. The second-order valence-corrected chi connectivity index (χ2v) is 5.22. The highest BCUT2D eigenvalue weighted by molar-refractivity contribution is 5.81. The van der Waals surface area contributed by atoms with Crippen LogP contribution in [0.2, 0.25) is 0 Å². The van der Waals surface area contributed by atoms with Gasteiger partial charge in [0.05, 0.1) is 19.3 Å². The fourth-order valence-corrected chi connectivity index (χ4v) is 1.92. The first kappa shape index (κ1) is 15.4. The molecule has 0 aromatic rings. The number of carbonyl (C=O) groups is 1. The predicted molar refractivity (Wildman–Crippen MR) is 72.3 cm³/mol. The molecule has 0 spiro atoms. The van der Waals surface area contributed by atoms with Crippen molar-refractivity contribution in [3.8, 4) is 0 Å². The second-order valence-electron chi connectivity index (χ2n) is 5.22. The SMILES string of the molecule is CC(C)[C@H](N)C(=O)NCCCCN1CCOCC1. The van der Waals surface area contributed by atoms with Gasteiger partial charge in [-0.25, -0.2) is 0 Å². The summed E-state index contributed by atoms with van der Waals surface area (Å²) in [6, 6.07) is -0.385. The molecule has 1 saturated heterocycles. The van der Waals surface area contributed by atoms with Crippen LogP contribution in [-0.4, -0.2) is 56.2 Å². The summed E-state index contributed by atoms with van der Waals surface area (Å²) in [5, 5.41) is 2.89. The summed E-state index contributed by atoms with van der Waals surface area (Å²) < 4.78 is 5.29. The largest absolute Gasteiger partial charge is 0.379 e. The van der Waals surface area contributed by atoms with Crippen molar-refractivity contribution in [1.82, 2.24) is 10.2 Å². The molecule has 0 aromatic carbocycles. The van der Waals surface area contributed by atoms with Gasteiger partial charge in [-0.15, -0.1) is 0 Å². The highest BCUT2D eigenvalue weighted by atomic mass is 16.5. The standard InChI is InChI=1S/C13H27N3O2/c1-11(2)12(14)13(17)15-5-3-4-6-16-7-9-18-10-8-16/h11-12H,3-10,14H2,1-2H3,(H,15,17)/t12-/m0/s1. The van der Waals surface area contributed by atoms with E-state index in [4.69, 9.17) is 10.5 Å². The van der Waals surface area contributed by atoms with Gasteiger partial charge in [0.2, 0.25) is 5.91 Å². The quantitative estimate of drug-likeness (QED) is 0.639. The Kier molecular flexibility index (Phi) is 7.23. The number of hydrogen-bond donors (Lipinski definition) is 2. The van der Waals surface area contributed by atoms with Crippen LogP contribution < -0.4 is 11.1 Å². The van der Waals surface area contributed by atoms with Gasteiger partial charge in [0.15, 0.2) is 0 Å². The Balaban J connectivity index is 1.99. The van der Waals surface area contributed by atoms with Gasteiger partial charge in [-0.1, -0.05) is 13.8 Å². The lowest BCUT2D eigenvalue weighted by Gasteiger charge is -2.26. The number of nitrogens with one attached hydrogen (secondary N) is 1. The summed E-state index contributed by atoms with van der Waals surface area (Å²) in [6.07, 6.45) is 2.12. The number of nitrogens with zero attached hydrogens (tertiary/aromatic N) is 1. The summed E-state index contributed by atoms with van der Waals surface area (Å²) in [5.74, 6) is 0.162. The van der Waals surface area contributed by atoms with Crippen molar-refractivity contribution in [2.24, 2.45) is 11.7 Å². The minimum absolute atomic E-state index is 0.0311. The van der Waals surface area contributed by atoms with Crippen molar-refractivity contribution in [2.45, 2.75) is 32.7 Å². The van der Waals surface area contributed by atoms with Gasteiger partial charge in [-0.05, 0) is 25.3 Å². The summed E-state index contributed by atoms with van der Waals surface area (Å²) in [7, 11) is 0. The van der Waals surface area contributed by atoms with Gasteiger partial charge >= 0.3 is 0 Å². The molecule has 0 aliphatic carbocycles. The molecule has 0 radical (unpaired) electrons. The van der Waals surface area contributed by atoms with Crippen molar-refractivity contribution >= 4 is 5.91 Å². The van der Waals surface area contributed by atoms with E-state index in [1.165, 1.54) is 0 Å². The van der Waals surface area contributed by atoms with Crippen LogP contribution in [0.25, 0.3) is 0 Å². The number of amides is 1. The zero-order valence-electron chi connectivity index (χ0n) is 11.7. The third-order valence-electron chi connectivity index (χ3n) is 3.33. The lowest BCUT2D eigenvalue weighted by atomic mass is 10.1. The minimum atomic E-state index is -0.385. The van der Waals surface area contributed by atoms with Crippen LogP contribution in [0.15, 0.2) is 0 Å². The number of rotatable bonds is 7. The van der Waals surface area contributed by atoms with Gasteiger partial charge in [0.25, 0.3) is 0 Å². The molecule has 0 saturated carbocycles. The Morgan fingerprint density at radius 3 is 2.61 bits per heavy atom. The number of carbonyl (C=O) groups excluding carboxylic acids is 1. The highest BCUT2D eigenvalue weighted by Crippen LogP contribution is 2.00. The van der Waals surface area contributed by atoms with Crippen molar-refractivity contribution in [3.05, 3.63) is 0 Å². The molecule has 106 valence electrons. The lowest BCUT2D eigenvalue weighted by molar-refractivity contribution is -0.123. The van der Waals surface area contributed by atoms with Crippen molar-refractivity contribution in [2.75, 3.05) is 39.4 Å². The summed E-state index contributed by atoms with van der Waals surface area (Å²) in [6.45, 7) is 9.50. The van der Waals surface area contributed by atoms with Crippen LogP contribution in [0.3, 0.4) is 0 Å². The second kappa shape index (κ2) is 8.45. The van der Waals surface area contributed by atoms with Gasteiger partial charge in [0, 0.05) is 19.6 Å². The number of unbranched alkanes of at least 4 members (excludes halogenated alkanes) is 1. The van der Waals surface area contributed by atoms with E-state index in [-0.39, 0.29) is 17.9 Å². The van der Waals surface area contributed by atoms with E-state index < -0.39 is 0 Å². The van der Waals surface area contributed by atoms with Crippen LogP contribution in [0.4, 0.5) is 0 Å². The Labute approximate surface area is 110 Å². The first-order valence-electron chi connectivity index (χ1n) is 6.94. The maximum Gasteiger partial charge on any atom is 0.237 e. The number of ether oxygens (including phenoxy) is 1. The fraction of sp³-hybridized carbons (Fsp3) is 0.923. The van der Waals surface area contributed by atoms with E-state index in [9.17, 15) is 4.79 Å². The zero-order chi connectivity index (χ0) is 13.4. The van der Waals surface area contributed by atoms with Crippen LogP contribution in [0.5, 0.6) is 0 Å². The molecule has 1 fully saturated rings. The highest BCUT2D eigenvalue weighted by Gasteiger charge is 2.16. The molecule has 1 atom stereocenters. The Bertz CT molecular complexity index is 240. The van der Waals surface area contributed by atoms with E-state index in [1.807, 2.05) is 13.8 Å². The normalized spacial score (nSPS) is 18.9. The molecule has 1 rings (SSSR count). The van der Waals surface area contributed by atoms with Gasteiger partial charge in [0.1, 0.15) is 0 Å². The Hall–Kier alpha value is -0.650. The third kappa shape index (κ3) is 5.80. The fourth-order valence-electron chi connectivity index (χ4n) is 1.92. The molecule has 1 aliphatic rings. The van der Waals surface area contributed by atoms with E-state index in [0.717, 1.165) is 52.2 Å². The van der Waals surface area contributed by atoms with Crippen molar-refractivity contribution < 1.29 is 9.53 Å². The molecule has 3 N–H and O–H groups in total. The van der Waals surface area contributed by atoms with Gasteiger partial charge in [-0.3, -0.25) is 9.69 Å². The lowest BCUT2D eigenvalue weighted by Crippen LogP contribution is -2.44. The average molecular weight is 257 g/mol. The van der Waals surface area contributed by atoms with Crippen LogP contribution in [0.1, 0.15) is 26.7 Å². The van der Waals surface area contributed by atoms with Crippen molar-refractivity contribution in [3.63, 3.8) is 0 Å². The molecule has 1 aliphatic heterocycles. The monoisotopic (exact) mass is 257 g/mol. The topological polar surface area (TPSA) is 67.6 Å².